The Morgan fingerprint density at radius 3 is 2.96 bits per heavy atom. The number of hydrogen-bond acceptors (Lipinski definition) is 5. The van der Waals surface area contributed by atoms with Crippen LogP contribution in [-0.2, 0) is 0 Å². The topological polar surface area (TPSA) is 92.5 Å². The number of fused-ring (bicyclic) bond motifs is 1. The van der Waals surface area contributed by atoms with Gasteiger partial charge in [-0.2, -0.15) is 5.10 Å². The van der Waals surface area contributed by atoms with Gasteiger partial charge in [0.2, 0.25) is 5.95 Å². The van der Waals surface area contributed by atoms with E-state index in [1.165, 1.54) is 0 Å². The zero-order valence-electron chi connectivity index (χ0n) is 13.2. The molecule has 3 aromatic rings. The van der Waals surface area contributed by atoms with Crippen LogP contribution in [-0.4, -0.2) is 32.2 Å². The largest absolute Gasteiger partial charge is 0.351 e. The zero-order chi connectivity index (χ0) is 16.5. The molecule has 2 atom stereocenters. The normalized spacial score (nSPS) is 21.1. The van der Waals surface area contributed by atoms with Gasteiger partial charge >= 0.3 is 0 Å². The van der Waals surface area contributed by atoms with Crippen LogP contribution in [0.3, 0.4) is 0 Å². The molecule has 1 aromatic carbocycles. The first-order valence-electron chi connectivity index (χ1n) is 8.19. The molecule has 0 radical (unpaired) electrons. The third-order valence-electron chi connectivity index (χ3n) is 4.49. The van der Waals surface area contributed by atoms with Gasteiger partial charge in [-0.15, -0.1) is 0 Å². The van der Waals surface area contributed by atoms with Gasteiger partial charge in [0, 0.05) is 17.5 Å². The first-order valence-corrected chi connectivity index (χ1v) is 8.56. The summed E-state index contributed by atoms with van der Waals surface area (Å²) in [6.07, 6.45) is 5.86. The van der Waals surface area contributed by atoms with Crippen molar-refractivity contribution in [1.29, 1.82) is 0 Å². The summed E-state index contributed by atoms with van der Waals surface area (Å²) in [5.41, 5.74) is 8.38. The van der Waals surface area contributed by atoms with Gasteiger partial charge in [0.25, 0.3) is 0 Å². The third kappa shape index (κ3) is 2.95. The number of aromatic amines is 1. The van der Waals surface area contributed by atoms with Crippen molar-refractivity contribution in [2.75, 3.05) is 5.32 Å². The summed E-state index contributed by atoms with van der Waals surface area (Å²) in [5, 5.41) is 12.3. The van der Waals surface area contributed by atoms with Gasteiger partial charge in [0.15, 0.2) is 0 Å². The van der Waals surface area contributed by atoms with Gasteiger partial charge in [-0.3, -0.25) is 5.10 Å². The average molecular weight is 343 g/mol. The second-order valence-corrected chi connectivity index (χ2v) is 6.68. The number of hydrogen-bond donors (Lipinski definition) is 3. The highest BCUT2D eigenvalue weighted by Crippen LogP contribution is 2.30. The maximum Gasteiger partial charge on any atom is 0.223 e. The molecule has 2 aromatic heterocycles. The lowest BCUT2D eigenvalue weighted by Gasteiger charge is -2.27. The molecule has 6 nitrogen and oxygen atoms in total. The van der Waals surface area contributed by atoms with Gasteiger partial charge in [-0.1, -0.05) is 29.8 Å². The van der Waals surface area contributed by atoms with Crippen molar-refractivity contribution in [2.45, 2.75) is 37.8 Å². The number of para-hydroxylation sites is 1. The van der Waals surface area contributed by atoms with E-state index in [9.17, 15) is 0 Å². The quantitative estimate of drug-likeness (QED) is 0.678. The van der Waals surface area contributed by atoms with Crippen LogP contribution in [0.15, 0.2) is 30.5 Å². The smallest absolute Gasteiger partial charge is 0.223 e. The highest BCUT2D eigenvalue weighted by molar-refractivity contribution is 6.33. The van der Waals surface area contributed by atoms with Crippen molar-refractivity contribution in [3.05, 3.63) is 35.5 Å². The number of rotatable bonds is 3. The molecular formula is C17H19ClN6. The van der Waals surface area contributed by atoms with Crippen LogP contribution in [0.1, 0.15) is 25.7 Å². The summed E-state index contributed by atoms with van der Waals surface area (Å²) < 4.78 is 0. The van der Waals surface area contributed by atoms with E-state index in [1.807, 2.05) is 24.3 Å². The molecule has 4 rings (SSSR count). The fraction of sp³-hybridized carbons (Fsp3) is 0.353. The van der Waals surface area contributed by atoms with Crippen molar-refractivity contribution < 1.29 is 0 Å². The van der Waals surface area contributed by atoms with Crippen LogP contribution >= 0.6 is 11.6 Å². The lowest BCUT2D eigenvalue weighted by Crippen LogP contribution is -2.35. The molecule has 4 N–H and O–H groups in total. The van der Waals surface area contributed by atoms with Gasteiger partial charge in [-0.25, -0.2) is 9.97 Å². The van der Waals surface area contributed by atoms with Gasteiger partial charge in [0.1, 0.15) is 11.4 Å². The van der Waals surface area contributed by atoms with E-state index in [0.29, 0.717) is 22.7 Å². The summed E-state index contributed by atoms with van der Waals surface area (Å²) in [7, 11) is 0. The number of nitrogens with two attached hydrogens (primary N) is 1. The highest BCUT2D eigenvalue weighted by Gasteiger charge is 2.21. The first kappa shape index (κ1) is 15.4. The standard InChI is InChI=1S/C17H19ClN6/c18-13-9-20-17(21-11-5-3-4-10(19)8-11)22-16(13)15-12-6-1-2-7-14(12)23-24-15/h1-2,6-7,9-11H,3-5,8,19H2,(H,23,24)(H,20,21,22)/t10-,11+/m0/s1. The first-order chi connectivity index (χ1) is 11.7. The zero-order valence-corrected chi connectivity index (χ0v) is 13.9. The summed E-state index contributed by atoms with van der Waals surface area (Å²) in [5.74, 6) is 0.570. The molecule has 0 unspecified atom stereocenters. The third-order valence-corrected chi connectivity index (χ3v) is 4.76. The van der Waals surface area contributed by atoms with Gasteiger partial charge in [0.05, 0.1) is 16.7 Å². The molecule has 2 heterocycles. The Morgan fingerprint density at radius 2 is 2.08 bits per heavy atom. The molecule has 1 aliphatic carbocycles. The average Bonchev–Trinajstić information content (AvgIpc) is 3.01. The Morgan fingerprint density at radius 1 is 1.21 bits per heavy atom. The molecule has 1 fully saturated rings. The van der Waals surface area contributed by atoms with Crippen molar-refractivity contribution in [3.8, 4) is 11.4 Å². The molecule has 124 valence electrons. The summed E-state index contributed by atoms with van der Waals surface area (Å²) >= 11 is 6.33. The minimum absolute atomic E-state index is 0.248. The fourth-order valence-electron chi connectivity index (χ4n) is 3.29. The Kier molecular flexibility index (Phi) is 4.08. The minimum atomic E-state index is 0.248. The predicted molar refractivity (Wildman–Crippen MR) is 96.0 cm³/mol. The SMILES string of the molecule is N[C@H]1CCC[C@@H](Nc2ncc(Cl)c(-c3n[nH]c4ccccc34)n2)C1. The molecule has 24 heavy (non-hydrogen) atoms. The number of aromatic nitrogens is 4. The molecular weight excluding hydrogens is 324 g/mol. The van der Waals surface area contributed by atoms with E-state index >= 15 is 0 Å². The number of H-pyrrole nitrogens is 1. The van der Waals surface area contributed by atoms with Gasteiger partial charge < -0.3 is 11.1 Å². The summed E-state index contributed by atoms with van der Waals surface area (Å²) in [6.45, 7) is 0. The van der Waals surface area contributed by atoms with Crippen LogP contribution in [0.2, 0.25) is 5.02 Å². The molecule has 7 heteroatoms. The minimum Gasteiger partial charge on any atom is -0.351 e. The Bertz CT molecular complexity index is 861. The van der Waals surface area contributed by atoms with Crippen molar-refractivity contribution in [1.82, 2.24) is 20.2 Å². The number of nitrogens with one attached hydrogen (secondary N) is 2. The molecule has 0 saturated heterocycles. The van der Waals surface area contributed by atoms with Crippen molar-refractivity contribution >= 4 is 28.5 Å². The van der Waals surface area contributed by atoms with Crippen LogP contribution < -0.4 is 11.1 Å². The summed E-state index contributed by atoms with van der Waals surface area (Å²) in [4.78, 5) is 8.92. The molecule has 0 spiro atoms. The number of benzene rings is 1. The van der Waals surface area contributed by atoms with Crippen molar-refractivity contribution in [2.24, 2.45) is 5.73 Å². The lowest BCUT2D eigenvalue weighted by atomic mass is 9.92. The van der Waals surface area contributed by atoms with Gasteiger partial charge in [-0.05, 0) is 31.7 Å². The van der Waals surface area contributed by atoms with Crippen LogP contribution in [0.5, 0.6) is 0 Å². The molecule has 1 aliphatic rings. The van der Waals surface area contributed by atoms with E-state index in [0.717, 1.165) is 42.3 Å². The Hall–Kier alpha value is -2.18. The second kappa shape index (κ2) is 6.37. The van der Waals surface area contributed by atoms with E-state index in [2.05, 4.69) is 25.5 Å². The number of anilines is 1. The number of nitrogens with zero attached hydrogens (tertiary/aromatic N) is 3. The Labute approximate surface area is 144 Å². The number of halogens is 1. The molecule has 0 bridgehead atoms. The Balaban J connectivity index is 1.66. The molecule has 1 saturated carbocycles. The lowest BCUT2D eigenvalue weighted by molar-refractivity contribution is 0.408. The van der Waals surface area contributed by atoms with Crippen LogP contribution in [0, 0.1) is 0 Å². The van der Waals surface area contributed by atoms with Crippen LogP contribution in [0.25, 0.3) is 22.3 Å². The second-order valence-electron chi connectivity index (χ2n) is 6.28. The van der Waals surface area contributed by atoms with E-state index in [4.69, 9.17) is 17.3 Å². The maximum atomic E-state index is 6.33. The monoisotopic (exact) mass is 342 g/mol. The summed E-state index contributed by atoms with van der Waals surface area (Å²) in [6, 6.07) is 8.46. The predicted octanol–water partition coefficient (Wildman–Crippen LogP) is 3.36. The van der Waals surface area contributed by atoms with E-state index in [-0.39, 0.29) is 6.04 Å². The maximum absolute atomic E-state index is 6.33. The molecule has 0 aliphatic heterocycles. The van der Waals surface area contributed by atoms with E-state index < -0.39 is 0 Å². The van der Waals surface area contributed by atoms with Crippen LogP contribution in [0.4, 0.5) is 5.95 Å². The molecule has 0 amide bonds. The fourth-order valence-corrected chi connectivity index (χ4v) is 3.47. The van der Waals surface area contributed by atoms with E-state index in [1.54, 1.807) is 6.20 Å². The highest BCUT2D eigenvalue weighted by atomic mass is 35.5. The van der Waals surface area contributed by atoms with Crippen molar-refractivity contribution in [3.63, 3.8) is 0 Å².